The van der Waals surface area contributed by atoms with Gasteiger partial charge in [0.05, 0.1) is 12.2 Å². The molecule has 0 aliphatic carbocycles. The number of aromatic nitrogens is 4. The highest BCUT2D eigenvalue weighted by molar-refractivity contribution is 6.04. The standard InChI is InChI=1S/C25H23F3N6O3.CH2O2/c1-2-36-18-12-14(24(35)32-19-13-15(7-8-30-19)25(26,27)28)5-6-16(18)20-21-22(29)31-9-10-34(21)23(33-20)17-4-3-11-37-17;2-1-3/h5-10,12-13,17H,2-4,11H2,1H3,(H2,29,31)(H,30,32,35);1H,(H,2,3)/t17-;/m0./s1. The number of carboxylic acid groups (broad SMARTS) is 1. The maximum Gasteiger partial charge on any atom is 0.416 e. The normalized spacial score (nSPS) is 14.8. The number of hydrogen-bond acceptors (Lipinski definition) is 8. The molecule has 4 aromatic rings. The molecule has 0 unspecified atom stereocenters. The van der Waals surface area contributed by atoms with Gasteiger partial charge in [0.2, 0.25) is 0 Å². The Labute approximate surface area is 225 Å². The van der Waals surface area contributed by atoms with Gasteiger partial charge in [-0.25, -0.2) is 15.0 Å². The van der Waals surface area contributed by atoms with Crippen LogP contribution in [-0.2, 0) is 15.7 Å². The van der Waals surface area contributed by atoms with E-state index in [9.17, 15) is 18.0 Å². The van der Waals surface area contributed by atoms with Crippen LogP contribution in [0.1, 0.15) is 47.6 Å². The minimum Gasteiger partial charge on any atom is -0.493 e. The summed E-state index contributed by atoms with van der Waals surface area (Å²) in [6.45, 7) is 2.48. The zero-order valence-corrected chi connectivity index (χ0v) is 21.2. The average molecular weight is 559 g/mol. The van der Waals surface area contributed by atoms with E-state index in [0.717, 1.165) is 31.2 Å². The summed E-state index contributed by atoms with van der Waals surface area (Å²) in [7, 11) is 0. The zero-order chi connectivity index (χ0) is 28.9. The number of carbonyl (C=O) groups excluding carboxylic acids is 1. The van der Waals surface area contributed by atoms with Crippen molar-refractivity contribution in [3.63, 3.8) is 0 Å². The number of fused-ring (bicyclic) bond motifs is 1. The Morgan fingerprint density at radius 3 is 2.73 bits per heavy atom. The Balaban J connectivity index is 0.00000118. The molecule has 1 amide bonds. The van der Waals surface area contributed by atoms with Crippen molar-refractivity contribution in [3.8, 4) is 17.0 Å². The quantitative estimate of drug-likeness (QED) is 0.288. The summed E-state index contributed by atoms with van der Waals surface area (Å²) in [6, 6.07) is 6.30. The molecule has 11 nitrogen and oxygen atoms in total. The fourth-order valence-corrected chi connectivity index (χ4v) is 4.28. The molecule has 1 aliphatic rings. The Hall–Kier alpha value is -4.72. The number of nitrogen functional groups attached to an aromatic ring is 1. The largest absolute Gasteiger partial charge is 0.493 e. The number of halogens is 3. The molecule has 0 radical (unpaired) electrons. The topological polar surface area (TPSA) is 154 Å². The second-order valence-electron chi connectivity index (χ2n) is 8.48. The minimum atomic E-state index is -4.56. The number of nitrogens with zero attached hydrogens (tertiary/aromatic N) is 4. The number of nitrogens with two attached hydrogens (primary N) is 1. The maximum absolute atomic E-state index is 13.0. The Bertz CT molecular complexity index is 1520. The molecule has 1 atom stereocenters. The van der Waals surface area contributed by atoms with Crippen LogP contribution >= 0.6 is 0 Å². The van der Waals surface area contributed by atoms with E-state index < -0.39 is 17.6 Å². The number of ether oxygens (including phenoxy) is 2. The third kappa shape index (κ3) is 5.96. The highest BCUT2D eigenvalue weighted by Gasteiger charge is 2.31. The van der Waals surface area contributed by atoms with E-state index in [1.54, 1.807) is 25.4 Å². The molecule has 1 fully saturated rings. The molecule has 1 aromatic carbocycles. The van der Waals surface area contributed by atoms with Crippen LogP contribution in [0.2, 0.25) is 0 Å². The zero-order valence-electron chi connectivity index (χ0n) is 21.2. The summed E-state index contributed by atoms with van der Waals surface area (Å²) in [6.07, 6.45) is 1.34. The lowest BCUT2D eigenvalue weighted by molar-refractivity contribution is -0.137. The van der Waals surface area contributed by atoms with E-state index in [4.69, 9.17) is 30.1 Å². The number of rotatable bonds is 6. The van der Waals surface area contributed by atoms with Crippen LogP contribution in [0.4, 0.5) is 24.8 Å². The Morgan fingerprint density at radius 2 is 2.05 bits per heavy atom. The fourth-order valence-electron chi connectivity index (χ4n) is 4.28. The maximum atomic E-state index is 13.0. The number of alkyl halides is 3. The van der Waals surface area contributed by atoms with E-state index in [2.05, 4.69) is 15.3 Å². The van der Waals surface area contributed by atoms with Crippen molar-refractivity contribution >= 4 is 29.5 Å². The first-order chi connectivity index (χ1) is 19.2. The molecule has 3 aromatic heterocycles. The first kappa shape index (κ1) is 28.3. The number of hydrogen-bond donors (Lipinski definition) is 3. The third-order valence-corrected chi connectivity index (χ3v) is 5.96. The van der Waals surface area contributed by atoms with Crippen LogP contribution < -0.4 is 15.8 Å². The molecule has 1 saturated heterocycles. The van der Waals surface area contributed by atoms with Crippen molar-refractivity contribution in [1.82, 2.24) is 19.4 Å². The van der Waals surface area contributed by atoms with Gasteiger partial charge in [0.15, 0.2) is 0 Å². The number of imidazole rings is 1. The van der Waals surface area contributed by atoms with Crippen LogP contribution in [0.5, 0.6) is 5.75 Å². The van der Waals surface area contributed by atoms with Gasteiger partial charge in [0.25, 0.3) is 12.4 Å². The van der Waals surface area contributed by atoms with Crippen LogP contribution in [0.3, 0.4) is 0 Å². The first-order valence-electron chi connectivity index (χ1n) is 12.1. The Kier molecular flexibility index (Phi) is 8.48. The van der Waals surface area contributed by atoms with E-state index >= 15 is 0 Å². The van der Waals surface area contributed by atoms with Crippen molar-refractivity contribution < 1.29 is 37.3 Å². The molecule has 14 heteroatoms. The van der Waals surface area contributed by atoms with Gasteiger partial charge in [0, 0.05) is 36.3 Å². The molecule has 0 spiro atoms. The predicted octanol–water partition coefficient (Wildman–Crippen LogP) is 4.60. The number of anilines is 2. The fraction of sp³-hybridized carbons (Fsp3) is 0.269. The molecule has 0 bridgehead atoms. The van der Waals surface area contributed by atoms with E-state index in [-0.39, 0.29) is 29.8 Å². The molecule has 0 saturated carbocycles. The van der Waals surface area contributed by atoms with Crippen molar-refractivity contribution in [2.45, 2.75) is 32.0 Å². The minimum absolute atomic E-state index is 0.167. The summed E-state index contributed by atoms with van der Waals surface area (Å²) in [5.41, 5.74) is 7.17. The van der Waals surface area contributed by atoms with Crippen molar-refractivity contribution in [2.75, 3.05) is 24.3 Å². The third-order valence-electron chi connectivity index (χ3n) is 5.96. The highest BCUT2D eigenvalue weighted by Crippen LogP contribution is 2.38. The first-order valence-corrected chi connectivity index (χ1v) is 12.1. The molecular weight excluding hydrogens is 533 g/mol. The summed E-state index contributed by atoms with van der Waals surface area (Å²) in [5.74, 6) is 0.456. The van der Waals surface area contributed by atoms with E-state index in [1.807, 2.05) is 4.40 Å². The van der Waals surface area contributed by atoms with E-state index in [1.165, 1.54) is 12.1 Å². The van der Waals surface area contributed by atoms with Gasteiger partial charge < -0.3 is 25.6 Å². The number of amides is 1. The predicted molar refractivity (Wildman–Crippen MR) is 138 cm³/mol. The van der Waals surface area contributed by atoms with Gasteiger partial charge in [0.1, 0.15) is 40.5 Å². The SMILES string of the molecule is CCOc1cc(C(=O)Nc2cc(C(F)(F)F)ccn2)ccc1-c1nc([C@@H]2CCCO2)n2ccnc(N)c12.O=CO. The molecule has 210 valence electrons. The number of pyridine rings is 1. The van der Waals surface area contributed by atoms with Gasteiger partial charge in [-0.05, 0) is 50.1 Å². The summed E-state index contributed by atoms with van der Waals surface area (Å²) in [4.78, 5) is 34.1. The summed E-state index contributed by atoms with van der Waals surface area (Å²) < 4.78 is 52.6. The van der Waals surface area contributed by atoms with Gasteiger partial charge in [-0.3, -0.25) is 14.0 Å². The van der Waals surface area contributed by atoms with Gasteiger partial charge in [-0.15, -0.1) is 0 Å². The van der Waals surface area contributed by atoms with Gasteiger partial charge in [-0.2, -0.15) is 13.2 Å². The summed E-state index contributed by atoms with van der Waals surface area (Å²) >= 11 is 0. The lowest BCUT2D eigenvalue weighted by Crippen LogP contribution is -2.14. The molecule has 1 aliphatic heterocycles. The molecule has 4 N–H and O–H groups in total. The smallest absolute Gasteiger partial charge is 0.416 e. The lowest BCUT2D eigenvalue weighted by atomic mass is 10.1. The van der Waals surface area contributed by atoms with Crippen molar-refractivity contribution in [1.29, 1.82) is 0 Å². The second-order valence-corrected chi connectivity index (χ2v) is 8.48. The monoisotopic (exact) mass is 558 g/mol. The van der Waals surface area contributed by atoms with E-state index in [0.29, 0.717) is 41.6 Å². The highest BCUT2D eigenvalue weighted by atomic mass is 19.4. The molecule has 5 rings (SSSR count). The average Bonchev–Trinajstić information content (AvgIpc) is 3.58. The molecule has 4 heterocycles. The van der Waals surface area contributed by atoms with Gasteiger partial charge >= 0.3 is 6.18 Å². The number of benzene rings is 1. The molecule has 40 heavy (non-hydrogen) atoms. The van der Waals surface area contributed by atoms with Crippen molar-refractivity contribution in [2.24, 2.45) is 0 Å². The van der Waals surface area contributed by atoms with Gasteiger partial charge in [-0.1, -0.05) is 0 Å². The number of nitrogens with one attached hydrogen (secondary N) is 1. The van der Waals surface area contributed by atoms with Crippen LogP contribution in [0, 0.1) is 0 Å². The van der Waals surface area contributed by atoms with Crippen LogP contribution in [0.15, 0.2) is 48.9 Å². The second kappa shape index (κ2) is 12.0. The lowest BCUT2D eigenvalue weighted by Gasteiger charge is -2.12. The van der Waals surface area contributed by atoms with Crippen molar-refractivity contribution in [3.05, 3.63) is 65.9 Å². The van der Waals surface area contributed by atoms with Crippen LogP contribution in [0.25, 0.3) is 16.8 Å². The Morgan fingerprint density at radius 1 is 1.27 bits per heavy atom. The molecular formula is C26H25F3N6O5. The van der Waals surface area contributed by atoms with Crippen LogP contribution in [-0.4, -0.2) is 50.1 Å². The summed E-state index contributed by atoms with van der Waals surface area (Å²) in [5, 5.41) is 9.30. The number of carbonyl (C=O) groups is 2.